The van der Waals surface area contributed by atoms with Crippen LogP contribution in [-0.2, 0) is 0 Å². The molecule has 15 aromatic carbocycles. The molecule has 15 rings (SSSR count). The minimum atomic E-state index is 1.08. The normalized spacial score (nSPS) is 11.4. The van der Waals surface area contributed by atoms with Crippen molar-refractivity contribution in [2.75, 3.05) is 19.6 Å². The molecule has 0 aliphatic rings. The smallest absolute Gasteiger partial charge is 0.0468 e. The van der Waals surface area contributed by atoms with E-state index in [0.29, 0.717) is 0 Å². The molecule has 0 aliphatic carbocycles. The number of anilines is 12. The molecule has 0 heterocycles. The molecule has 0 aliphatic heterocycles. The number of rotatable bonds is 12. The first-order valence-corrected chi connectivity index (χ1v) is 28.1. The highest BCUT2D eigenvalue weighted by Gasteiger charge is 2.22. The molecule has 0 saturated heterocycles. The monoisotopic (exact) mass is 1050 g/mol. The molecule has 0 N–H and O–H groups in total. The van der Waals surface area contributed by atoms with Crippen LogP contribution in [0, 0.1) is 0 Å². The fraction of sp³-hybridized carbons (Fsp3) is 0. The van der Waals surface area contributed by atoms with Gasteiger partial charge in [-0.3, -0.25) is 0 Å². The van der Waals surface area contributed by atoms with Gasteiger partial charge < -0.3 is 19.6 Å². The highest BCUT2D eigenvalue weighted by Crippen LogP contribution is 2.49. The fourth-order valence-electron chi connectivity index (χ4n) is 12.4. The number of benzene rings is 15. The van der Waals surface area contributed by atoms with Gasteiger partial charge in [-0.2, -0.15) is 0 Å². The summed E-state index contributed by atoms with van der Waals surface area (Å²) in [5, 5.41) is 14.3. The molecule has 0 fully saturated rings. The summed E-state index contributed by atoms with van der Waals surface area (Å²) in [5.41, 5.74) is 13.1. The van der Waals surface area contributed by atoms with Gasteiger partial charge in [-0.25, -0.2) is 0 Å². The Labute approximate surface area is 477 Å². The van der Waals surface area contributed by atoms with E-state index in [0.717, 1.165) is 68.2 Å². The van der Waals surface area contributed by atoms with Crippen LogP contribution < -0.4 is 19.6 Å². The van der Waals surface area contributed by atoms with Crippen molar-refractivity contribution in [1.29, 1.82) is 0 Å². The molecule has 0 radical (unpaired) electrons. The summed E-state index contributed by atoms with van der Waals surface area (Å²) in [6, 6.07) is 119. The van der Waals surface area contributed by atoms with Crippen LogP contribution in [0.4, 0.5) is 68.2 Å². The molecule has 0 atom stereocenters. The minimum absolute atomic E-state index is 1.08. The van der Waals surface area contributed by atoms with Crippen molar-refractivity contribution in [2.24, 2.45) is 0 Å². The standard InChI is InChI=1S/C78H54N4/c1-9-25-55(26-10-1)79(56-27-11-2-12-28-56)63-41-45-67-68-46-42-64(80(57-29-13-3-14-30-57)58-31-15-4-16-32-58)50-72(68)78-54-76-70-48-44-66(82(61-37-21-7-22-38-61)62-39-23-8-24-40-62)52-74(70)73-51-65(43-47-69(73)75(76)53-77(78)71(67)49-63)81(59-33-17-5-18-34-59)60-35-19-6-20-36-60/h1-54H. The number of nitrogens with zero attached hydrogens (tertiary/aromatic N) is 4. The molecule has 0 spiro atoms. The van der Waals surface area contributed by atoms with E-state index in [1.165, 1.54) is 64.6 Å². The summed E-state index contributed by atoms with van der Waals surface area (Å²) in [5.74, 6) is 0. The second-order valence-electron chi connectivity index (χ2n) is 20.9. The summed E-state index contributed by atoms with van der Waals surface area (Å²) in [4.78, 5) is 9.49. The van der Waals surface area contributed by atoms with Crippen molar-refractivity contribution in [3.8, 4) is 0 Å². The van der Waals surface area contributed by atoms with E-state index >= 15 is 0 Å². The van der Waals surface area contributed by atoms with Gasteiger partial charge in [0.2, 0.25) is 0 Å². The molecule has 0 saturated carbocycles. The second kappa shape index (κ2) is 20.7. The predicted octanol–water partition coefficient (Wildman–Crippen LogP) is 22.5. The van der Waals surface area contributed by atoms with Gasteiger partial charge in [0, 0.05) is 68.2 Å². The van der Waals surface area contributed by atoms with E-state index < -0.39 is 0 Å². The zero-order chi connectivity index (χ0) is 54.3. The lowest BCUT2D eigenvalue weighted by Crippen LogP contribution is -2.10. The number of hydrogen-bond donors (Lipinski definition) is 0. The maximum absolute atomic E-state index is 2.51. The Morgan fingerprint density at radius 3 is 0.439 bits per heavy atom. The predicted molar refractivity (Wildman–Crippen MR) is 350 cm³/mol. The van der Waals surface area contributed by atoms with Crippen molar-refractivity contribution in [3.05, 3.63) is 328 Å². The zero-order valence-electron chi connectivity index (χ0n) is 45.0. The van der Waals surface area contributed by atoms with Gasteiger partial charge >= 0.3 is 0 Å². The number of hydrogen-bond acceptors (Lipinski definition) is 4. The van der Waals surface area contributed by atoms with Gasteiger partial charge in [0.15, 0.2) is 0 Å². The molecule has 4 heteroatoms. The van der Waals surface area contributed by atoms with Crippen molar-refractivity contribution in [1.82, 2.24) is 0 Å². The van der Waals surface area contributed by atoms with E-state index in [2.05, 4.69) is 347 Å². The third kappa shape index (κ3) is 8.58. The van der Waals surface area contributed by atoms with Crippen molar-refractivity contribution >= 4 is 133 Å². The number of fused-ring (bicyclic) bond motifs is 12. The van der Waals surface area contributed by atoms with E-state index in [4.69, 9.17) is 0 Å². The first-order chi connectivity index (χ1) is 40.7. The largest absolute Gasteiger partial charge is 0.310 e. The summed E-state index contributed by atoms with van der Waals surface area (Å²) in [6.45, 7) is 0. The first-order valence-electron chi connectivity index (χ1n) is 28.1. The lowest BCUT2D eigenvalue weighted by Gasteiger charge is -2.28. The lowest BCUT2D eigenvalue weighted by atomic mass is 9.87. The second-order valence-corrected chi connectivity index (χ2v) is 20.9. The lowest BCUT2D eigenvalue weighted by molar-refractivity contribution is 1.29. The average molecular weight is 1050 g/mol. The molecule has 386 valence electrons. The topological polar surface area (TPSA) is 13.0 Å². The molecule has 0 bridgehead atoms. The zero-order valence-corrected chi connectivity index (χ0v) is 45.0. The Bertz CT molecular complexity index is 4310. The van der Waals surface area contributed by atoms with Crippen molar-refractivity contribution in [3.63, 3.8) is 0 Å². The number of para-hydroxylation sites is 8. The summed E-state index contributed by atoms with van der Waals surface area (Å²) in [7, 11) is 0. The van der Waals surface area contributed by atoms with E-state index in [-0.39, 0.29) is 0 Å². The van der Waals surface area contributed by atoms with Crippen LogP contribution in [-0.4, -0.2) is 0 Å². The summed E-state index contributed by atoms with van der Waals surface area (Å²) < 4.78 is 0. The molecular formula is C78H54N4. The van der Waals surface area contributed by atoms with Gasteiger partial charge in [0.1, 0.15) is 0 Å². The van der Waals surface area contributed by atoms with Gasteiger partial charge in [-0.05, 0) is 222 Å². The molecule has 4 nitrogen and oxygen atoms in total. The van der Waals surface area contributed by atoms with Crippen LogP contribution in [0.2, 0.25) is 0 Å². The molecule has 15 aromatic rings. The molecule has 0 amide bonds. The Kier molecular flexibility index (Phi) is 12.2. The van der Waals surface area contributed by atoms with Crippen LogP contribution >= 0.6 is 0 Å². The third-order valence-electron chi connectivity index (χ3n) is 16.1. The maximum Gasteiger partial charge on any atom is 0.0468 e. The molecule has 82 heavy (non-hydrogen) atoms. The van der Waals surface area contributed by atoms with Crippen molar-refractivity contribution < 1.29 is 0 Å². The van der Waals surface area contributed by atoms with Crippen LogP contribution in [0.5, 0.6) is 0 Å². The van der Waals surface area contributed by atoms with Crippen LogP contribution in [0.3, 0.4) is 0 Å². The third-order valence-corrected chi connectivity index (χ3v) is 16.1. The highest BCUT2D eigenvalue weighted by atomic mass is 15.2. The molecular weight excluding hydrogens is 993 g/mol. The van der Waals surface area contributed by atoms with Gasteiger partial charge in [-0.1, -0.05) is 170 Å². The van der Waals surface area contributed by atoms with Crippen LogP contribution in [0.1, 0.15) is 0 Å². The Morgan fingerprint density at radius 1 is 0.110 bits per heavy atom. The van der Waals surface area contributed by atoms with Crippen LogP contribution in [0.25, 0.3) is 64.6 Å². The molecule has 0 unspecified atom stereocenters. The van der Waals surface area contributed by atoms with Crippen LogP contribution in [0.15, 0.2) is 328 Å². The van der Waals surface area contributed by atoms with E-state index in [9.17, 15) is 0 Å². The van der Waals surface area contributed by atoms with Crippen molar-refractivity contribution in [2.45, 2.75) is 0 Å². The highest BCUT2D eigenvalue weighted by molar-refractivity contribution is 6.34. The minimum Gasteiger partial charge on any atom is -0.310 e. The Balaban J connectivity index is 1.06. The SMILES string of the molecule is c1ccc(N(c2ccccc2)c2ccc3c(c2)c2cc(N(c4ccccc4)c4ccccc4)ccc2c2cc4c5cc(N(c6ccccc6)c6ccccc6)ccc5c5ccc(N(c6ccccc6)c6ccccc6)cc5c4cc32)cc1. The molecule has 0 aromatic heterocycles. The Morgan fingerprint density at radius 2 is 0.256 bits per heavy atom. The van der Waals surface area contributed by atoms with E-state index in [1.54, 1.807) is 0 Å². The maximum atomic E-state index is 2.51. The fourth-order valence-corrected chi connectivity index (χ4v) is 12.4. The average Bonchev–Trinajstić information content (AvgIpc) is 2.37. The first kappa shape index (κ1) is 48.2. The van der Waals surface area contributed by atoms with Gasteiger partial charge in [0.05, 0.1) is 0 Å². The van der Waals surface area contributed by atoms with E-state index in [1.807, 2.05) is 0 Å². The Hall–Kier alpha value is -10.9. The van der Waals surface area contributed by atoms with Gasteiger partial charge in [0.25, 0.3) is 0 Å². The summed E-state index contributed by atoms with van der Waals surface area (Å²) in [6.07, 6.45) is 0. The quantitative estimate of drug-likeness (QED) is 0.0893. The summed E-state index contributed by atoms with van der Waals surface area (Å²) >= 11 is 0. The van der Waals surface area contributed by atoms with Gasteiger partial charge in [-0.15, -0.1) is 0 Å².